The Morgan fingerprint density at radius 3 is 2.38 bits per heavy atom. The van der Waals surface area contributed by atoms with Crippen LogP contribution in [-0.4, -0.2) is 95.3 Å². The molecular weight excluding hydrogens is 749 g/mol. The molecular formula is C42H52N6O6S2. The van der Waals surface area contributed by atoms with Gasteiger partial charge in [-0.05, 0) is 67.5 Å². The predicted molar refractivity (Wildman–Crippen MR) is 219 cm³/mol. The first-order valence-electron chi connectivity index (χ1n) is 19.4. The van der Waals surface area contributed by atoms with Gasteiger partial charge >= 0.3 is 0 Å². The molecule has 0 aliphatic carbocycles. The van der Waals surface area contributed by atoms with E-state index in [4.69, 9.17) is 14.5 Å². The quantitative estimate of drug-likeness (QED) is 0.131. The summed E-state index contributed by atoms with van der Waals surface area (Å²) in [6, 6.07) is 13.9. The molecule has 1 spiro atoms. The molecule has 3 N–H and O–H groups in total. The number of hydrogen-bond acceptors (Lipinski definition) is 11. The summed E-state index contributed by atoms with van der Waals surface area (Å²) in [5, 5.41) is 19.7. The standard InChI is InChI=1S/C42H52N6O6S2/c1-26(28-9-11-30(12-10-28)36-27(2)43-25-56-36)44-38(51)34-18-31(49)19-48(34)39(52)37(41(3,4)5)46-35(50)8-6-7-17-54-32-15-13-29(14-16-32)33-20-55-40(45-33)47-21-42(22-47)23-53-24-42/h9-16,20,25-26,31,34,37,49H,6-8,17-19,21-24H2,1-5H3,(H,44,51)(H,46,50). The zero-order valence-electron chi connectivity index (χ0n) is 32.7. The van der Waals surface area contributed by atoms with Crippen LogP contribution in [0.15, 0.2) is 59.4 Å². The molecule has 4 unspecified atom stereocenters. The van der Waals surface area contributed by atoms with Crippen molar-refractivity contribution in [2.45, 2.75) is 84.5 Å². The molecule has 12 nitrogen and oxygen atoms in total. The molecule has 4 aromatic rings. The van der Waals surface area contributed by atoms with Crippen molar-refractivity contribution in [3.05, 3.63) is 70.7 Å². The Balaban J connectivity index is 0.861. The van der Waals surface area contributed by atoms with E-state index in [0.29, 0.717) is 24.9 Å². The summed E-state index contributed by atoms with van der Waals surface area (Å²) in [7, 11) is 0. The average Bonchev–Trinajstić information content (AvgIpc) is 3.89. The van der Waals surface area contributed by atoms with Crippen molar-refractivity contribution in [2.75, 3.05) is 44.4 Å². The van der Waals surface area contributed by atoms with E-state index in [9.17, 15) is 19.5 Å². The van der Waals surface area contributed by atoms with Gasteiger partial charge < -0.3 is 35.0 Å². The number of ether oxygens (including phenoxy) is 2. The molecule has 0 saturated carbocycles. The van der Waals surface area contributed by atoms with Crippen LogP contribution in [0.25, 0.3) is 21.7 Å². The third-order valence-electron chi connectivity index (χ3n) is 10.9. The number of carbonyl (C=O) groups excluding carboxylic acids is 3. The minimum atomic E-state index is -0.876. The van der Waals surface area contributed by atoms with Crippen LogP contribution in [0.5, 0.6) is 5.75 Å². The highest BCUT2D eigenvalue weighted by atomic mass is 32.1. The number of likely N-dealkylation sites (tertiary alicyclic amines) is 1. The molecule has 7 rings (SSSR count). The Morgan fingerprint density at radius 1 is 1.02 bits per heavy atom. The molecule has 14 heteroatoms. The highest BCUT2D eigenvalue weighted by Gasteiger charge is 2.50. The zero-order valence-corrected chi connectivity index (χ0v) is 34.4. The van der Waals surface area contributed by atoms with Gasteiger partial charge in [-0.25, -0.2) is 9.97 Å². The lowest BCUT2D eigenvalue weighted by molar-refractivity contribution is -0.144. The fraction of sp³-hybridized carbons (Fsp3) is 0.500. The second-order valence-electron chi connectivity index (χ2n) is 16.6. The maximum atomic E-state index is 14.0. The number of benzene rings is 2. The Morgan fingerprint density at radius 2 is 1.73 bits per heavy atom. The molecule has 3 fully saturated rings. The third kappa shape index (κ3) is 8.93. The van der Waals surface area contributed by atoms with E-state index in [0.717, 1.165) is 70.1 Å². The fourth-order valence-electron chi connectivity index (χ4n) is 7.56. The number of hydrogen-bond donors (Lipinski definition) is 3. The van der Waals surface area contributed by atoms with Gasteiger partial charge in [0.1, 0.15) is 17.8 Å². The molecule has 2 aromatic carbocycles. The van der Waals surface area contributed by atoms with E-state index in [1.54, 1.807) is 22.7 Å². The van der Waals surface area contributed by atoms with Crippen molar-refractivity contribution in [1.82, 2.24) is 25.5 Å². The number of unbranched alkanes of at least 4 members (excludes halogenated alkanes) is 1. The Kier molecular flexibility index (Phi) is 11.8. The minimum Gasteiger partial charge on any atom is -0.494 e. The number of aryl methyl sites for hydroxylation is 1. The third-order valence-corrected chi connectivity index (χ3v) is 12.8. The van der Waals surface area contributed by atoms with Crippen molar-refractivity contribution in [3.63, 3.8) is 0 Å². The van der Waals surface area contributed by atoms with Gasteiger partial charge in [0, 0.05) is 43.4 Å². The molecule has 298 valence electrons. The summed E-state index contributed by atoms with van der Waals surface area (Å²) in [6.45, 7) is 13.7. The first kappa shape index (κ1) is 39.8. The van der Waals surface area contributed by atoms with E-state index >= 15 is 0 Å². The molecule has 5 heterocycles. The summed E-state index contributed by atoms with van der Waals surface area (Å²) in [4.78, 5) is 54.8. The second-order valence-corrected chi connectivity index (χ2v) is 18.3. The molecule has 3 amide bonds. The van der Waals surface area contributed by atoms with Crippen LogP contribution < -0.4 is 20.3 Å². The monoisotopic (exact) mass is 800 g/mol. The summed E-state index contributed by atoms with van der Waals surface area (Å²) in [5.41, 5.74) is 6.49. The van der Waals surface area contributed by atoms with Gasteiger partial charge in [0.15, 0.2) is 5.13 Å². The SMILES string of the molecule is Cc1ncsc1-c1ccc(C(C)NC(=O)C2CC(O)CN2C(=O)C(NC(=O)CCCCOc2ccc(-c3csc(N4CC5(COC5)C4)n3)cc2)C(C)(C)C)cc1. The summed E-state index contributed by atoms with van der Waals surface area (Å²) < 4.78 is 11.3. The number of aromatic nitrogens is 2. The number of rotatable bonds is 14. The topological polar surface area (TPSA) is 146 Å². The van der Waals surface area contributed by atoms with Crippen molar-refractivity contribution in [3.8, 4) is 27.4 Å². The van der Waals surface area contributed by atoms with Crippen LogP contribution in [0.1, 0.15) is 70.7 Å². The van der Waals surface area contributed by atoms with Gasteiger partial charge in [-0.2, -0.15) is 0 Å². The molecule has 4 atom stereocenters. The zero-order chi connectivity index (χ0) is 39.6. The van der Waals surface area contributed by atoms with Crippen molar-refractivity contribution >= 4 is 45.5 Å². The van der Waals surface area contributed by atoms with Crippen LogP contribution in [0.4, 0.5) is 5.13 Å². The second kappa shape index (κ2) is 16.6. The highest BCUT2D eigenvalue weighted by Crippen LogP contribution is 2.42. The molecule has 3 aliphatic rings. The molecule has 3 aliphatic heterocycles. The van der Waals surface area contributed by atoms with E-state index < -0.39 is 23.6 Å². The maximum Gasteiger partial charge on any atom is 0.246 e. The number of amides is 3. The smallest absolute Gasteiger partial charge is 0.246 e. The van der Waals surface area contributed by atoms with Gasteiger partial charge in [-0.3, -0.25) is 14.4 Å². The molecule has 3 saturated heterocycles. The number of nitrogens with one attached hydrogen (secondary N) is 2. The number of carbonyl (C=O) groups is 3. The summed E-state index contributed by atoms with van der Waals surface area (Å²) in [5.74, 6) is -0.207. The van der Waals surface area contributed by atoms with Gasteiger partial charge in [-0.1, -0.05) is 45.0 Å². The van der Waals surface area contributed by atoms with E-state index in [1.165, 1.54) is 4.90 Å². The number of aliphatic hydroxyl groups is 1. The molecule has 56 heavy (non-hydrogen) atoms. The number of nitrogens with zero attached hydrogens (tertiary/aromatic N) is 4. The normalized spacial score (nSPS) is 19.9. The summed E-state index contributed by atoms with van der Waals surface area (Å²) in [6.07, 6.45) is 0.753. The molecule has 2 aromatic heterocycles. The number of aliphatic hydroxyl groups excluding tert-OH is 1. The number of anilines is 1. The Bertz CT molecular complexity index is 2000. The van der Waals surface area contributed by atoms with Gasteiger partial charge in [0.25, 0.3) is 0 Å². The minimum absolute atomic E-state index is 0.0230. The van der Waals surface area contributed by atoms with Crippen LogP contribution in [-0.2, 0) is 19.1 Å². The largest absolute Gasteiger partial charge is 0.494 e. The van der Waals surface area contributed by atoms with E-state index in [2.05, 4.69) is 25.9 Å². The molecule has 0 radical (unpaired) electrons. The predicted octanol–water partition coefficient (Wildman–Crippen LogP) is 6.00. The van der Waals surface area contributed by atoms with E-state index in [-0.39, 0.29) is 43.1 Å². The average molecular weight is 801 g/mol. The maximum absolute atomic E-state index is 14.0. The first-order valence-corrected chi connectivity index (χ1v) is 21.1. The molecule has 0 bridgehead atoms. The van der Waals surface area contributed by atoms with Crippen LogP contribution in [0.3, 0.4) is 0 Å². The Labute approximate surface area is 336 Å². The number of thiazole rings is 2. The lowest BCUT2D eigenvalue weighted by Gasteiger charge is -2.54. The van der Waals surface area contributed by atoms with Gasteiger partial charge in [0.05, 0.1) is 59.2 Å². The number of β-amino-alcohol motifs (C(OH)–C–C–N with tert-alkyl or cyclic N) is 1. The van der Waals surface area contributed by atoms with Gasteiger partial charge in [0.2, 0.25) is 17.7 Å². The van der Waals surface area contributed by atoms with Crippen molar-refractivity contribution in [2.24, 2.45) is 10.8 Å². The highest BCUT2D eigenvalue weighted by molar-refractivity contribution is 7.14. The lowest BCUT2D eigenvalue weighted by atomic mass is 9.78. The van der Waals surface area contributed by atoms with Crippen LogP contribution in [0, 0.1) is 17.8 Å². The van der Waals surface area contributed by atoms with Crippen molar-refractivity contribution < 1.29 is 29.0 Å². The first-order chi connectivity index (χ1) is 26.8. The Hall–Kier alpha value is -4.37. The van der Waals surface area contributed by atoms with Gasteiger partial charge in [-0.15, -0.1) is 22.7 Å². The van der Waals surface area contributed by atoms with Crippen LogP contribution >= 0.6 is 22.7 Å². The fourth-order valence-corrected chi connectivity index (χ4v) is 9.21. The summed E-state index contributed by atoms with van der Waals surface area (Å²) >= 11 is 3.25. The van der Waals surface area contributed by atoms with E-state index in [1.807, 2.05) is 88.7 Å². The lowest BCUT2D eigenvalue weighted by Crippen LogP contribution is -2.66. The van der Waals surface area contributed by atoms with Crippen LogP contribution in [0.2, 0.25) is 0 Å². The van der Waals surface area contributed by atoms with Crippen molar-refractivity contribution in [1.29, 1.82) is 0 Å².